The molecule has 0 saturated carbocycles. The van der Waals surface area contributed by atoms with Crippen LogP contribution in [0.2, 0.25) is 0 Å². The lowest BCUT2D eigenvalue weighted by Gasteiger charge is -2.14. The maximum Gasteiger partial charge on any atom is 0.229 e. The number of nitrogens with zero attached hydrogens (tertiary/aromatic N) is 13. The Balaban J connectivity index is 0.000000178. The number of rotatable bonds is 7. The highest BCUT2D eigenvalue weighted by molar-refractivity contribution is 8.13. The van der Waals surface area contributed by atoms with Gasteiger partial charge >= 0.3 is 0 Å². The van der Waals surface area contributed by atoms with Crippen LogP contribution in [-0.2, 0) is 19.1 Å². The van der Waals surface area contributed by atoms with Gasteiger partial charge in [-0.2, -0.15) is 19.3 Å². The largest absolute Gasteiger partial charge is 1.00 e. The van der Waals surface area contributed by atoms with Gasteiger partial charge in [-0.1, -0.05) is 22.6 Å². The van der Waals surface area contributed by atoms with Gasteiger partial charge in [0.2, 0.25) is 31.0 Å². The van der Waals surface area contributed by atoms with E-state index >= 15 is 0 Å². The van der Waals surface area contributed by atoms with Gasteiger partial charge in [0.1, 0.15) is 0 Å². The molecule has 0 bridgehead atoms. The summed E-state index contributed by atoms with van der Waals surface area (Å²) in [6.45, 7) is 3.08. The van der Waals surface area contributed by atoms with E-state index in [0.29, 0.717) is 59.8 Å². The minimum atomic E-state index is -3.19. The van der Waals surface area contributed by atoms with Crippen LogP contribution in [-0.4, -0.2) is 137 Å². The molecule has 20 nitrogen and oxygen atoms in total. The average molecular weight is 979 g/mol. The summed E-state index contributed by atoms with van der Waals surface area (Å²) in [6, 6.07) is 20.0. The number of benzene rings is 2. The molecular formula is C37H40Cl4N16O4S2. The van der Waals surface area contributed by atoms with E-state index in [2.05, 4.69) is 77.2 Å². The van der Waals surface area contributed by atoms with E-state index in [1.807, 2.05) is 60.7 Å². The van der Waals surface area contributed by atoms with Crippen LogP contribution in [0.3, 0.4) is 0 Å². The summed E-state index contributed by atoms with van der Waals surface area (Å²) in [4.78, 5) is 26.6. The van der Waals surface area contributed by atoms with Crippen LogP contribution in [0, 0.1) is 0 Å². The molecular weight excluding hydrogens is 938 g/mol. The molecule has 8 aromatic rings. The minimum Gasteiger partial charge on any atom is -1.00 e. The lowest BCUT2D eigenvalue weighted by atomic mass is 10.2. The summed E-state index contributed by atoms with van der Waals surface area (Å²) in [6.07, 6.45) is 10.8. The zero-order chi connectivity index (χ0) is 43.9. The number of halogens is 4. The van der Waals surface area contributed by atoms with Crippen LogP contribution in [0.4, 0.5) is 11.9 Å². The van der Waals surface area contributed by atoms with Crippen molar-refractivity contribution in [3.63, 3.8) is 0 Å². The Hall–Kier alpha value is -5.20. The molecule has 2 atom stereocenters. The fourth-order valence-corrected chi connectivity index (χ4v) is 7.62. The highest BCUT2D eigenvalue weighted by Crippen LogP contribution is 2.22. The van der Waals surface area contributed by atoms with Crippen LogP contribution < -0.4 is 28.4 Å². The Bertz CT molecular complexity index is 3040. The highest BCUT2D eigenvalue weighted by atomic mass is 35.7. The van der Waals surface area contributed by atoms with E-state index in [9.17, 15) is 16.8 Å². The Morgan fingerprint density at radius 2 is 1.21 bits per heavy atom. The smallest absolute Gasteiger partial charge is 0.229 e. The molecule has 2 fully saturated rings. The number of aromatic nitrogens is 12. The van der Waals surface area contributed by atoms with Gasteiger partial charge in [0.15, 0.2) is 22.3 Å². The Morgan fingerprint density at radius 3 is 1.65 bits per heavy atom. The fraction of sp³-hybridized carbons (Fsp3) is 0.297. The van der Waals surface area contributed by atoms with E-state index in [4.69, 9.17) is 23.2 Å². The van der Waals surface area contributed by atoms with Crippen molar-refractivity contribution >= 4 is 109 Å². The second-order valence-corrected chi connectivity index (χ2v) is 19.9. The number of alkyl halides is 2. The second kappa shape index (κ2) is 21.0. The highest BCUT2D eigenvalue weighted by Gasteiger charge is 2.29. The molecule has 2 aliphatic heterocycles. The number of sulfonamides is 1. The predicted molar refractivity (Wildman–Crippen MR) is 239 cm³/mol. The average Bonchev–Trinajstić information content (AvgIpc) is 4.08. The number of fused-ring (bicyclic) bond motifs is 4. The molecule has 0 unspecified atom stereocenters. The molecule has 0 aliphatic carbocycles. The van der Waals surface area contributed by atoms with Crippen LogP contribution in [0.15, 0.2) is 85.5 Å². The summed E-state index contributed by atoms with van der Waals surface area (Å²) in [5.74, 6) is 1.04. The number of pyridine rings is 2. The molecule has 26 heteroatoms. The van der Waals surface area contributed by atoms with Gasteiger partial charge in [0.25, 0.3) is 0 Å². The van der Waals surface area contributed by atoms with Crippen LogP contribution in [0.5, 0.6) is 0 Å². The van der Waals surface area contributed by atoms with Crippen molar-refractivity contribution in [2.75, 3.05) is 54.7 Å². The van der Waals surface area contributed by atoms with Crippen LogP contribution in [0.25, 0.3) is 55.5 Å². The van der Waals surface area contributed by atoms with E-state index in [1.54, 1.807) is 34.2 Å². The molecule has 8 heterocycles. The molecule has 0 radical (unpaired) electrons. The van der Waals surface area contributed by atoms with Gasteiger partial charge in [-0.05, 0) is 55.0 Å². The van der Waals surface area contributed by atoms with Gasteiger partial charge in [-0.25, -0.2) is 31.1 Å². The van der Waals surface area contributed by atoms with E-state index < -0.39 is 19.1 Å². The van der Waals surface area contributed by atoms with Gasteiger partial charge < -0.3 is 28.4 Å². The molecule has 2 aromatic carbocycles. The number of hydrogen-bond acceptors (Lipinski definition) is 16. The molecule has 0 amide bonds. The summed E-state index contributed by atoms with van der Waals surface area (Å²) >= 11 is 9.53. The van der Waals surface area contributed by atoms with Crippen molar-refractivity contribution in [3.05, 3.63) is 85.5 Å². The van der Waals surface area contributed by atoms with Crippen molar-refractivity contribution in [3.8, 4) is 11.4 Å². The normalized spacial score (nSPS) is 16.3. The van der Waals surface area contributed by atoms with Crippen molar-refractivity contribution in [2.45, 2.75) is 24.9 Å². The van der Waals surface area contributed by atoms with Crippen molar-refractivity contribution < 1.29 is 34.6 Å². The van der Waals surface area contributed by atoms with Gasteiger partial charge in [0, 0.05) is 59.4 Å². The van der Waals surface area contributed by atoms with Gasteiger partial charge in [-0.15, -0.1) is 33.4 Å². The van der Waals surface area contributed by atoms with E-state index in [1.165, 1.54) is 10.6 Å². The summed E-state index contributed by atoms with van der Waals surface area (Å²) in [5, 5.41) is 28.0. The zero-order valence-electron chi connectivity index (χ0n) is 33.5. The Labute approximate surface area is 382 Å². The zero-order valence-corrected chi connectivity index (χ0v) is 38.2. The third-order valence-electron chi connectivity index (χ3n) is 9.50. The first-order valence-electron chi connectivity index (χ1n) is 18.9. The van der Waals surface area contributed by atoms with Crippen molar-refractivity contribution in [1.82, 2.24) is 64.2 Å². The number of hydrogen-bond donors (Lipinski definition) is 3. The standard InChI is InChI=1S/C18H18N8O2S.C17H16N8.CH2Cl2.CH3ClO2S.ClH/c1-29(27,28)25-8-6-13(11-25)21-18-20-10-16-17(22-18)26(24-23-16)14-4-5-15-12(9-14)3-2-7-19-15;1-2-11-8-13(3-4-14(11)19-6-1)25-16-15(23-24-25)10-20-17(22-16)21-12-5-7-18-9-12;2-1-3;1-5(2,3)4;/h2-5,7,9-10,13H,6,8,11H2,1H3,(H,20,21,22);1-4,6,8,10,12,18H,5,7,9H2,(H,20,21,22);1H2;1H3;1H/t13-;12-;;;/m11.../s1. The third kappa shape index (κ3) is 12.5. The first-order valence-corrected chi connectivity index (χ1v) is 24.6. The molecule has 4 N–H and O–H groups in total. The first-order chi connectivity index (χ1) is 29.7. The number of quaternary nitrogens is 1. The predicted octanol–water partition coefficient (Wildman–Crippen LogP) is 0.321. The van der Waals surface area contributed by atoms with Crippen LogP contribution in [0.1, 0.15) is 12.8 Å². The molecule has 6 aromatic heterocycles. The molecule has 10 rings (SSSR count). The number of anilines is 2. The maximum atomic E-state index is 11.7. The van der Waals surface area contributed by atoms with E-state index in [-0.39, 0.29) is 23.8 Å². The first kappa shape index (κ1) is 47.3. The fourth-order valence-electron chi connectivity index (χ4n) is 6.73. The maximum absolute atomic E-state index is 11.7. The van der Waals surface area contributed by atoms with Crippen LogP contribution >= 0.6 is 33.9 Å². The van der Waals surface area contributed by atoms with Crippen molar-refractivity contribution in [1.29, 1.82) is 0 Å². The Kier molecular flexibility index (Phi) is 15.8. The van der Waals surface area contributed by atoms with E-state index in [0.717, 1.165) is 58.9 Å². The summed E-state index contributed by atoms with van der Waals surface area (Å²) < 4.78 is 47.1. The quantitative estimate of drug-likeness (QED) is 0.144. The topological polar surface area (TPSA) is 251 Å². The molecule has 332 valence electrons. The van der Waals surface area contributed by atoms with Gasteiger partial charge in [0.05, 0.1) is 71.8 Å². The summed E-state index contributed by atoms with van der Waals surface area (Å²) in [5.41, 5.74) is 6.09. The van der Waals surface area contributed by atoms with Gasteiger partial charge in [-0.3, -0.25) is 9.97 Å². The summed E-state index contributed by atoms with van der Waals surface area (Å²) in [7, 11) is -1.88. The lowest BCUT2D eigenvalue weighted by Crippen LogP contribution is -3.00. The molecule has 0 spiro atoms. The molecule has 2 saturated heterocycles. The Morgan fingerprint density at radius 1 is 0.714 bits per heavy atom. The SMILES string of the molecule is CS(=O)(=O)Cl.CS(=O)(=O)N1CC[C@@H](Nc2ncc3nnn(-c4ccc5ncccc5c4)c3n2)C1.ClCCl.[Cl-].c1cnc2ccc(-n3nnc4cnc(N[C@@H]5CC[NH2+]C5)nc43)cc2c1. The molecule has 2 aliphatic rings. The minimum absolute atomic E-state index is 0. The van der Waals surface area contributed by atoms with Crippen molar-refractivity contribution in [2.24, 2.45) is 0 Å². The number of nitrogens with two attached hydrogens (primary N) is 1. The lowest BCUT2D eigenvalue weighted by molar-refractivity contribution is -0.636. The monoisotopic (exact) mass is 976 g/mol. The molecule has 63 heavy (non-hydrogen) atoms. The second-order valence-electron chi connectivity index (χ2n) is 14.0. The third-order valence-corrected chi connectivity index (χ3v) is 10.8. The number of nitrogens with one attached hydrogen (secondary N) is 2.